The molecule has 1 amide bonds. The average molecular weight is 319 g/mol. The Kier molecular flexibility index (Phi) is 4.12. The predicted molar refractivity (Wildman–Crippen MR) is 83.1 cm³/mol. The SMILES string of the molecule is CCOC(=O)C1C(=O)N(CC)c2ccc(C3(C)OCCO3)cc21. The van der Waals surface area contributed by atoms with E-state index < -0.39 is 17.7 Å². The van der Waals surface area contributed by atoms with Gasteiger partial charge in [0.05, 0.1) is 19.8 Å². The van der Waals surface area contributed by atoms with Crippen LogP contribution in [-0.4, -0.2) is 38.2 Å². The van der Waals surface area contributed by atoms with Gasteiger partial charge in [-0.2, -0.15) is 0 Å². The molecular formula is C17H21NO5. The lowest BCUT2D eigenvalue weighted by Crippen LogP contribution is -2.32. The third-order valence-corrected chi connectivity index (χ3v) is 4.34. The molecule has 0 bridgehead atoms. The van der Waals surface area contributed by atoms with Crippen LogP contribution in [0.3, 0.4) is 0 Å². The van der Waals surface area contributed by atoms with Crippen molar-refractivity contribution < 1.29 is 23.8 Å². The van der Waals surface area contributed by atoms with Crippen molar-refractivity contribution in [3.05, 3.63) is 29.3 Å². The van der Waals surface area contributed by atoms with Crippen molar-refractivity contribution >= 4 is 17.6 Å². The molecule has 2 aliphatic heterocycles. The summed E-state index contributed by atoms with van der Waals surface area (Å²) in [7, 11) is 0. The summed E-state index contributed by atoms with van der Waals surface area (Å²) in [4.78, 5) is 26.5. The fourth-order valence-corrected chi connectivity index (χ4v) is 3.18. The second-order valence-electron chi connectivity index (χ2n) is 5.68. The molecule has 0 spiro atoms. The van der Waals surface area contributed by atoms with E-state index in [0.717, 1.165) is 11.3 Å². The Morgan fingerprint density at radius 3 is 2.65 bits per heavy atom. The van der Waals surface area contributed by atoms with Crippen molar-refractivity contribution in [2.45, 2.75) is 32.5 Å². The summed E-state index contributed by atoms with van der Waals surface area (Å²) in [6, 6.07) is 5.56. The summed E-state index contributed by atoms with van der Waals surface area (Å²) in [6.07, 6.45) is 0. The van der Waals surface area contributed by atoms with Gasteiger partial charge in [0.1, 0.15) is 0 Å². The first-order valence-electron chi connectivity index (χ1n) is 7.92. The minimum atomic E-state index is -0.908. The van der Waals surface area contributed by atoms with E-state index in [2.05, 4.69) is 0 Å². The highest BCUT2D eigenvalue weighted by Gasteiger charge is 2.44. The standard InChI is InChI=1S/C17H21NO5/c1-4-18-13-7-6-11(17(3)22-8-9-23-17)10-12(13)14(15(18)19)16(20)21-5-2/h6-7,10,14H,4-5,8-9H2,1-3H3. The second kappa shape index (κ2) is 5.94. The second-order valence-corrected chi connectivity index (χ2v) is 5.68. The summed E-state index contributed by atoms with van der Waals surface area (Å²) in [5.74, 6) is -2.49. The third kappa shape index (κ3) is 2.52. The largest absolute Gasteiger partial charge is 0.465 e. The zero-order valence-electron chi connectivity index (χ0n) is 13.6. The topological polar surface area (TPSA) is 65.1 Å². The number of carbonyl (C=O) groups is 2. The van der Waals surface area contributed by atoms with Crippen molar-refractivity contribution in [1.29, 1.82) is 0 Å². The number of rotatable bonds is 4. The lowest BCUT2D eigenvalue weighted by atomic mass is 9.96. The number of esters is 1. The highest BCUT2D eigenvalue weighted by Crippen LogP contribution is 2.41. The molecule has 1 atom stereocenters. The zero-order valence-corrected chi connectivity index (χ0v) is 13.6. The van der Waals surface area contributed by atoms with Crippen molar-refractivity contribution in [3.63, 3.8) is 0 Å². The van der Waals surface area contributed by atoms with E-state index in [1.807, 2.05) is 32.0 Å². The van der Waals surface area contributed by atoms with Gasteiger partial charge in [0, 0.05) is 17.8 Å². The van der Waals surface area contributed by atoms with Crippen LogP contribution >= 0.6 is 0 Å². The first kappa shape index (κ1) is 16.0. The summed E-state index contributed by atoms with van der Waals surface area (Å²) >= 11 is 0. The fourth-order valence-electron chi connectivity index (χ4n) is 3.18. The molecule has 0 radical (unpaired) electrons. The van der Waals surface area contributed by atoms with Gasteiger partial charge >= 0.3 is 5.97 Å². The molecule has 23 heavy (non-hydrogen) atoms. The van der Waals surface area contributed by atoms with Gasteiger partial charge in [-0.05, 0) is 38.5 Å². The van der Waals surface area contributed by atoms with E-state index in [-0.39, 0.29) is 12.5 Å². The van der Waals surface area contributed by atoms with Gasteiger partial charge in [-0.1, -0.05) is 6.07 Å². The Morgan fingerprint density at radius 1 is 1.35 bits per heavy atom. The smallest absolute Gasteiger partial charge is 0.323 e. The normalized spacial score (nSPS) is 22.3. The third-order valence-electron chi connectivity index (χ3n) is 4.34. The van der Waals surface area contributed by atoms with E-state index in [4.69, 9.17) is 14.2 Å². The van der Waals surface area contributed by atoms with Crippen molar-refractivity contribution in [3.8, 4) is 0 Å². The lowest BCUT2D eigenvalue weighted by molar-refractivity contribution is -0.150. The molecule has 3 rings (SSSR count). The first-order chi connectivity index (χ1) is 11.0. The van der Waals surface area contributed by atoms with Crippen LogP contribution in [0.4, 0.5) is 5.69 Å². The number of carbonyl (C=O) groups excluding carboxylic acids is 2. The van der Waals surface area contributed by atoms with Gasteiger partial charge in [-0.15, -0.1) is 0 Å². The molecule has 2 heterocycles. The molecular weight excluding hydrogens is 298 g/mol. The Bertz CT molecular complexity index is 636. The number of amides is 1. The molecule has 0 N–H and O–H groups in total. The van der Waals surface area contributed by atoms with Crippen LogP contribution in [-0.2, 0) is 29.6 Å². The van der Waals surface area contributed by atoms with Crippen LogP contribution in [0.1, 0.15) is 37.8 Å². The zero-order chi connectivity index (χ0) is 16.6. The summed E-state index contributed by atoms with van der Waals surface area (Å²) in [6.45, 7) is 7.25. The van der Waals surface area contributed by atoms with Crippen molar-refractivity contribution in [1.82, 2.24) is 0 Å². The number of nitrogens with zero attached hydrogens (tertiary/aromatic N) is 1. The van der Waals surface area contributed by atoms with Crippen LogP contribution in [0.5, 0.6) is 0 Å². The highest BCUT2D eigenvalue weighted by atomic mass is 16.7. The number of likely N-dealkylation sites (N-methyl/N-ethyl adjacent to an activating group) is 1. The van der Waals surface area contributed by atoms with E-state index in [0.29, 0.717) is 25.3 Å². The summed E-state index contributed by atoms with van der Waals surface area (Å²) in [5, 5.41) is 0. The molecule has 1 unspecified atom stereocenters. The minimum Gasteiger partial charge on any atom is -0.465 e. The Morgan fingerprint density at radius 2 is 2.04 bits per heavy atom. The lowest BCUT2D eigenvalue weighted by Gasteiger charge is -2.24. The quantitative estimate of drug-likeness (QED) is 0.626. The maximum atomic E-state index is 12.6. The average Bonchev–Trinajstić information content (AvgIpc) is 3.08. The predicted octanol–water partition coefficient (Wildman–Crippen LogP) is 1.92. The molecule has 0 aliphatic carbocycles. The number of hydrogen-bond acceptors (Lipinski definition) is 5. The van der Waals surface area contributed by atoms with E-state index in [1.54, 1.807) is 11.8 Å². The van der Waals surface area contributed by atoms with Gasteiger partial charge in [-0.25, -0.2) is 0 Å². The maximum Gasteiger partial charge on any atom is 0.323 e. The Hall–Kier alpha value is -1.92. The fraction of sp³-hybridized carbons (Fsp3) is 0.529. The van der Waals surface area contributed by atoms with Gasteiger partial charge in [0.15, 0.2) is 11.7 Å². The van der Waals surface area contributed by atoms with Crippen LogP contribution in [0.15, 0.2) is 18.2 Å². The highest BCUT2D eigenvalue weighted by molar-refractivity contribution is 6.16. The van der Waals surface area contributed by atoms with Crippen LogP contribution in [0.2, 0.25) is 0 Å². The van der Waals surface area contributed by atoms with E-state index in [1.165, 1.54) is 0 Å². The maximum absolute atomic E-state index is 12.6. The van der Waals surface area contributed by atoms with Crippen LogP contribution in [0, 0.1) is 0 Å². The molecule has 0 aromatic heterocycles. The molecule has 6 nitrogen and oxygen atoms in total. The number of benzene rings is 1. The van der Waals surface area contributed by atoms with Crippen molar-refractivity contribution in [2.75, 3.05) is 31.3 Å². The van der Waals surface area contributed by atoms with Gasteiger partial charge in [0.2, 0.25) is 5.91 Å². The van der Waals surface area contributed by atoms with Gasteiger partial charge in [-0.3, -0.25) is 9.59 Å². The molecule has 1 fully saturated rings. The van der Waals surface area contributed by atoms with Gasteiger partial charge < -0.3 is 19.1 Å². The number of hydrogen-bond donors (Lipinski definition) is 0. The summed E-state index contributed by atoms with van der Waals surface area (Å²) in [5.41, 5.74) is 2.21. The minimum absolute atomic E-state index is 0.239. The molecule has 0 saturated carbocycles. The first-order valence-corrected chi connectivity index (χ1v) is 7.92. The molecule has 1 aromatic carbocycles. The molecule has 2 aliphatic rings. The molecule has 6 heteroatoms. The van der Waals surface area contributed by atoms with Gasteiger partial charge in [0.25, 0.3) is 0 Å². The summed E-state index contributed by atoms with van der Waals surface area (Å²) < 4.78 is 16.4. The number of anilines is 1. The molecule has 1 aromatic rings. The number of fused-ring (bicyclic) bond motifs is 1. The van der Waals surface area contributed by atoms with E-state index in [9.17, 15) is 9.59 Å². The van der Waals surface area contributed by atoms with Crippen LogP contribution in [0.25, 0.3) is 0 Å². The number of ether oxygens (including phenoxy) is 3. The van der Waals surface area contributed by atoms with Crippen LogP contribution < -0.4 is 4.90 Å². The monoisotopic (exact) mass is 319 g/mol. The van der Waals surface area contributed by atoms with Crippen molar-refractivity contribution in [2.24, 2.45) is 0 Å². The molecule has 124 valence electrons. The Labute approximate surface area is 135 Å². The molecule has 1 saturated heterocycles. The Balaban J connectivity index is 2.04. The van der Waals surface area contributed by atoms with E-state index >= 15 is 0 Å².